The second-order valence-electron chi connectivity index (χ2n) is 16.3. The molecule has 6 nitrogen and oxygen atoms in total. The first-order valence-corrected chi connectivity index (χ1v) is 16.1. The van der Waals surface area contributed by atoms with E-state index in [0.717, 1.165) is 19.3 Å². The Hall–Kier alpha value is -1.33. The van der Waals surface area contributed by atoms with Gasteiger partial charge in [0, 0.05) is 12.3 Å². The van der Waals surface area contributed by atoms with Gasteiger partial charge in [0.2, 0.25) is 0 Å². The van der Waals surface area contributed by atoms with Crippen LogP contribution in [0.15, 0.2) is 0 Å². The van der Waals surface area contributed by atoms with Crippen LogP contribution in [0.25, 0.3) is 0 Å². The van der Waals surface area contributed by atoms with Gasteiger partial charge in [0.25, 0.3) is 5.09 Å². The lowest BCUT2D eigenvalue weighted by Gasteiger charge is -2.73. The minimum atomic E-state index is -0.601. The molecular formula is C33H55NO5. The SMILES string of the molecule is CC(=O)O[C@@H]1CC[C@@]2(C)[C@H](CC[C@]3(C)[C@@H]2CC[C@@H]2[C@H]4[C@H](C(C)C)CC[C@]4(CCO[N+](=O)[O-])CC[C@]23C)C1(C)C. The van der Waals surface area contributed by atoms with Gasteiger partial charge in [-0.1, -0.05) is 48.5 Å². The molecule has 5 saturated carbocycles. The summed E-state index contributed by atoms with van der Waals surface area (Å²) in [5.74, 6) is 3.79. The van der Waals surface area contributed by atoms with E-state index < -0.39 is 5.09 Å². The molecule has 10 atom stereocenters. The van der Waals surface area contributed by atoms with Crippen LogP contribution in [0.5, 0.6) is 0 Å². The molecule has 0 heterocycles. The van der Waals surface area contributed by atoms with Crippen molar-refractivity contribution < 1.29 is 19.5 Å². The number of nitrogens with zero attached hydrogens (tertiary/aromatic N) is 1. The Labute approximate surface area is 236 Å². The molecule has 0 bridgehead atoms. The van der Waals surface area contributed by atoms with Crippen molar-refractivity contribution in [1.82, 2.24) is 0 Å². The largest absolute Gasteiger partial charge is 0.462 e. The monoisotopic (exact) mass is 545 g/mol. The summed E-state index contributed by atoms with van der Waals surface area (Å²) in [6.45, 7) is 19.3. The van der Waals surface area contributed by atoms with E-state index in [1.165, 1.54) is 51.4 Å². The molecular weight excluding hydrogens is 490 g/mol. The molecule has 5 aliphatic carbocycles. The maximum atomic E-state index is 11.9. The van der Waals surface area contributed by atoms with Crippen LogP contribution >= 0.6 is 0 Å². The normalized spacial score (nSPS) is 48.3. The van der Waals surface area contributed by atoms with Gasteiger partial charge in [0.1, 0.15) is 6.10 Å². The van der Waals surface area contributed by atoms with Crippen molar-refractivity contribution in [2.24, 2.45) is 62.6 Å². The average Bonchev–Trinajstić information content (AvgIpc) is 3.21. The Kier molecular flexibility index (Phi) is 7.19. The zero-order chi connectivity index (χ0) is 28.6. The zero-order valence-electron chi connectivity index (χ0n) is 26.0. The van der Waals surface area contributed by atoms with Crippen molar-refractivity contribution in [3.63, 3.8) is 0 Å². The molecule has 0 aromatic carbocycles. The molecule has 5 aliphatic rings. The van der Waals surface area contributed by atoms with Crippen LogP contribution < -0.4 is 0 Å². The molecule has 5 rings (SSSR count). The van der Waals surface area contributed by atoms with Crippen LogP contribution in [0, 0.1) is 72.7 Å². The van der Waals surface area contributed by atoms with Crippen LogP contribution in [0.2, 0.25) is 0 Å². The minimum absolute atomic E-state index is 0.00925. The molecule has 0 saturated heterocycles. The Morgan fingerprint density at radius 1 is 0.897 bits per heavy atom. The topological polar surface area (TPSA) is 78.7 Å². The number of ether oxygens (including phenoxy) is 1. The molecule has 0 N–H and O–H groups in total. The highest BCUT2D eigenvalue weighted by atomic mass is 16.9. The highest BCUT2D eigenvalue weighted by Gasteiger charge is 2.71. The Morgan fingerprint density at radius 3 is 2.26 bits per heavy atom. The summed E-state index contributed by atoms with van der Waals surface area (Å²) in [5.41, 5.74) is 1.03. The van der Waals surface area contributed by atoms with Gasteiger partial charge in [-0.3, -0.25) is 4.79 Å². The van der Waals surface area contributed by atoms with Gasteiger partial charge in [-0.15, -0.1) is 10.1 Å². The molecule has 222 valence electrons. The smallest absolute Gasteiger partial charge is 0.302 e. The lowest BCUT2D eigenvalue weighted by atomic mass is 9.32. The van der Waals surface area contributed by atoms with Crippen molar-refractivity contribution in [3.05, 3.63) is 10.1 Å². The summed E-state index contributed by atoms with van der Waals surface area (Å²) in [6, 6.07) is 0. The van der Waals surface area contributed by atoms with E-state index in [9.17, 15) is 14.9 Å². The standard InChI is InChI=1S/C33H55NO5/c1-21(2)23-11-16-33(19-20-38-34(36)37)18-17-31(7)24(28(23)33)9-10-26-30(6)14-13-27(39-22(3)35)29(4,5)25(30)12-15-32(26,31)8/h21,23-28H,9-20H2,1-8H3/t23-,24+,25+,26+,27+,28+,30-,31+,32+,33+/m0/s1. The van der Waals surface area contributed by atoms with E-state index in [0.29, 0.717) is 40.9 Å². The number of rotatable bonds is 6. The highest BCUT2D eigenvalue weighted by molar-refractivity contribution is 5.66. The molecule has 5 fully saturated rings. The van der Waals surface area contributed by atoms with E-state index in [2.05, 4.69) is 48.5 Å². The van der Waals surface area contributed by atoms with Crippen LogP contribution in [0.1, 0.15) is 126 Å². The summed E-state index contributed by atoms with van der Waals surface area (Å²) >= 11 is 0. The Bertz CT molecular complexity index is 979. The van der Waals surface area contributed by atoms with Crippen LogP contribution in [0.4, 0.5) is 0 Å². The van der Waals surface area contributed by atoms with Gasteiger partial charge in [-0.25, -0.2) is 0 Å². The Morgan fingerprint density at radius 2 is 1.62 bits per heavy atom. The van der Waals surface area contributed by atoms with Gasteiger partial charge >= 0.3 is 5.97 Å². The highest BCUT2D eigenvalue weighted by Crippen LogP contribution is 2.78. The van der Waals surface area contributed by atoms with Crippen molar-refractivity contribution in [1.29, 1.82) is 0 Å². The summed E-state index contributed by atoms with van der Waals surface area (Å²) in [4.78, 5) is 27.9. The molecule has 0 aliphatic heterocycles. The van der Waals surface area contributed by atoms with E-state index in [-0.39, 0.29) is 40.3 Å². The van der Waals surface area contributed by atoms with Gasteiger partial charge in [-0.05, 0) is 128 Å². The second-order valence-corrected chi connectivity index (χ2v) is 16.3. The number of hydrogen-bond acceptors (Lipinski definition) is 5. The molecule has 0 aromatic heterocycles. The quantitative estimate of drug-likeness (QED) is 0.191. The van der Waals surface area contributed by atoms with Crippen LogP contribution in [-0.4, -0.2) is 23.8 Å². The number of hydrogen-bond donors (Lipinski definition) is 0. The van der Waals surface area contributed by atoms with E-state index in [1.807, 2.05) is 0 Å². The minimum Gasteiger partial charge on any atom is -0.462 e. The van der Waals surface area contributed by atoms with E-state index >= 15 is 0 Å². The summed E-state index contributed by atoms with van der Waals surface area (Å²) in [5, 5.41) is 10.4. The summed E-state index contributed by atoms with van der Waals surface area (Å²) < 4.78 is 5.92. The maximum absolute atomic E-state index is 11.9. The third kappa shape index (κ3) is 4.18. The second kappa shape index (κ2) is 9.61. The lowest BCUT2D eigenvalue weighted by molar-refractivity contribution is -0.758. The fraction of sp³-hybridized carbons (Fsp3) is 0.970. The Balaban J connectivity index is 1.47. The molecule has 0 aromatic rings. The third-order valence-corrected chi connectivity index (χ3v) is 14.6. The van der Waals surface area contributed by atoms with E-state index in [4.69, 9.17) is 9.57 Å². The van der Waals surface area contributed by atoms with Crippen molar-refractivity contribution in [2.45, 2.75) is 132 Å². The fourth-order valence-corrected chi connectivity index (χ4v) is 12.7. The predicted octanol–water partition coefficient (Wildman–Crippen LogP) is 8.25. The average molecular weight is 546 g/mol. The van der Waals surface area contributed by atoms with Gasteiger partial charge in [0.05, 0.1) is 6.61 Å². The molecule has 6 heteroatoms. The molecule has 0 spiro atoms. The van der Waals surface area contributed by atoms with Gasteiger partial charge < -0.3 is 9.57 Å². The summed E-state index contributed by atoms with van der Waals surface area (Å²) in [7, 11) is 0. The first kappa shape index (κ1) is 29.2. The molecule has 0 unspecified atom stereocenters. The van der Waals surface area contributed by atoms with Crippen LogP contribution in [0.3, 0.4) is 0 Å². The number of fused-ring (bicyclic) bond motifs is 7. The predicted molar refractivity (Wildman–Crippen MR) is 152 cm³/mol. The van der Waals surface area contributed by atoms with Crippen molar-refractivity contribution in [3.8, 4) is 0 Å². The zero-order valence-corrected chi connectivity index (χ0v) is 26.0. The van der Waals surface area contributed by atoms with Crippen molar-refractivity contribution in [2.75, 3.05) is 6.61 Å². The fourth-order valence-electron chi connectivity index (χ4n) is 12.7. The third-order valence-electron chi connectivity index (χ3n) is 14.6. The number of carbonyl (C=O) groups is 1. The molecule has 0 radical (unpaired) electrons. The first-order chi connectivity index (χ1) is 18.1. The molecule has 0 amide bonds. The summed E-state index contributed by atoms with van der Waals surface area (Å²) in [6.07, 6.45) is 12.9. The van der Waals surface area contributed by atoms with Crippen molar-refractivity contribution >= 4 is 5.97 Å². The van der Waals surface area contributed by atoms with E-state index in [1.54, 1.807) is 6.92 Å². The maximum Gasteiger partial charge on any atom is 0.302 e. The number of carbonyl (C=O) groups excluding carboxylic acids is 1. The molecule has 39 heavy (non-hydrogen) atoms. The lowest BCUT2D eigenvalue weighted by Crippen LogP contribution is -2.66. The van der Waals surface area contributed by atoms with Gasteiger partial charge in [0.15, 0.2) is 0 Å². The van der Waals surface area contributed by atoms with Gasteiger partial charge in [-0.2, -0.15) is 0 Å². The number of esters is 1. The van der Waals surface area contributed by atoms with Crippen LogP contribution in [-0.2, 0) is 14.4 Å². The first-order valence-electron chi connectivity index (χ1n) is 16.1.